The van der Waals surface area contributed by atoms with E-state index in [9.17, 15) is 26.4 Å². The maximum Gasteiger partial charge on any atom is 0.416 e. The maximum atomic E-state index is 12.8. The van der Waals surface area contributed by atoms with Gasteiger partial charge in [0.25, 0.3) is 5.91 Å². The average molecular weight is 465 g/mol. The van der Waals surface area contributed by atoms with Gasteiger partial charge in [-0.15, -0.1) is 11.3 Å². The van der Waals surface area contributed by atoms with E-state index in [2.05, 4.69) is 5.32 Å². The summed E-state index contributed by atoms with van der Waals surface area (Å²) in [7, 11) is -3.73. The first kappa shape index (κ1) is 22.1. The van der Waals surface area contributed by atoms with Gasteiger partial charge < -0.3 is 5.32 Å². The fourth-order valence-electron chi connectivity index (χ4n) is 2.85. The Morgan fingerprint density at radius 1 is 1.10 bits per heavy atom. The van der Waals surface area contributed by atoms with E-state index in [1.165, 1.54) is 22.5 Å². The van der Waals surface area contributed by atoms with Crippen molar-refractivity contribution in [3.63, 3.8) is 0 Å². The number of nitrogens with zero attached hydrogens (tertiary/aromatic N) is 1. The minimum absolute atomic E-state index is 0.00132. The van der Waals surface area contributed by atoms with E-state index in [1.54, 1.807) is 17.1 Å². The lowest BCUT2D eigenvalue weighted by molar-refractivity contribution is -0.137. The molecule has 1 aromatic carbocycles. The fourth-order valence-corrected chi connectivity index (χ4v) is 6.75. The predicted octanol–water partition coefficient (Wildman–Crippen LogP) is 3.48. The third kappa shape index (κ3) is 5.33. The van der Waals surface area contributed by atoms with Gasteiger partial charge in [-0.1, -0.05) is 12.1 Å². The number of carbonyl (C=O) groups excluding carboxylic acids is 1. The smallest absolute Gasteiger partial charge is 0.351 e. The van der Waals surface area contributed by atoms with Crippen molar-refractivity contribution in [2.45, 2.75) is 17.5 Å². The van der Waals surface area contributed by atoms with Gasteiger partial charge in [0.2, 0.25) is 10.0 Å². The molecule has 5 nitrogen and oxygen atoms in total. The molecular formula is C18H19F3N2O3S3. The Labute approximate surface area is 175 Å². The number of rotatable bonds is 6. The molecule has 1 N–H and O–H groups in total. The van der Waals surface area contributed by atoms with Crippen molar-refractivity contribution in [3.05, 3.63) is 51.7 Å². The molecule has 1 aliphatic heterocycles. The van der Waals surface area contributed by atoms with E-state index in [1.807, 2.05) is 0 Å². The van der Waals surface area contributed by atoms with Crippen LogP contribution in [-0.2, 0) is 22.6 Å². The first-order valence-corrected chi connectivity index (χ1v) is 12.3. The van der Waals surface area contributed by atoms with Crippen molar-refractivity contribution in [3.8, 4) is 0 Å². The fraction of sp³-hybridized carbons (Fsp3) is 0.389. The van der Waals surface area contributed by atoms with E-state index in [4.69, 9.17) is 0 Å². The molecule has 158 valence electrons. The van der Waals surface area contributed by atoms with Crippen molar-refractivity contribution in [1.29, 1.82) is 0 Å². The largest absolute Gasteiger partial charge is 0.416 e. The van der Waals surface area contributed by atoms with Crippen LogP contribution in [0.4, 0.5) is 13.2 Å². The second kappa shape index (κ2) is 9.07. The summed E-state index contributed by atoms with van der Waals surface area (Å²) in [5, 5.41) is 4.22. The third-order valence-electron chi connectivity index (χ3n) is 4.40. The zero-order chi connectivity index (χ0) is 21.1. The van der Waals surface area contributed by atoms with Gasteiger partial charge in [-0.3, -0.25) is 4.79 Å². The summed E-state index contributed by atoms with van der Waals surface area (Å²) in [6, 6.07) is 6.16. The number of thiophene rings is 1. The Bertz CT molecular complexity index is 951. The lowest BCUT2D eigenvalue weighted by Gasteiger charge is -2.25. The summed E-state index contributed by atoms with van der Waals surface area (Å²) in [6.07, 6.45) is -4.05. The van der Waals surface area contributed by atoms with Gasteiger partial charge in [0, 0.05) is 31.1 Å². The van der Waals surface area contributed by atoms with Crippen molar-refractivity contribution in [1.82, 2.24) is 9.62 Å². The Balaban J connectivity index is 1.61. The molecule has 1 saturated heterocycles. The highest BCUT2D eigenvalue weighted by molar-refractivity contribution is 7.99. The third-order valence-corrected chi connectivity index (χ3v) is 8.33. The van der Waals surface area contributed by atoms with Crippen molar-refractivity contribution < 1.29 is 26.4 Å². The first-order valence-electron chi connectivity index (χ1n) is 8.79. The summed E-state index contributed by atoms with van der Waals surface area (Å²) in [5.41, 5.74) is -0.0852. The minimum Gasteiger partial charge on any atom is -0.351 e. The van der Waals surface area contributed by atoms with Crippen LogP contribution in [0.2, 0.25) is 0 Å². The molecule has 3 rings (SSSR count). The zero-order valence-electron chi connectivity index (χ0n) is 15.2. The van der Waals surface area contributed by atoms with Gasteiger partial charge in [0.1, 0.15) is 9.77 Å². The Kier molecular flexibility index (Phi) is 6.92. The van der Waals surface area contributed by atoms with Gasteiger partial charge in [0.15, 0.2) is 0 Å². The number of halogens is 3. The molecule has 1 fully saturated rings. The van der Waals surface area contributed by atoms with Crippen LogP contribution in [0.1, 0.15) is 20.8 Å². The van der Waals surface area contributed by atoms with E-state index < -0.39 is 27.7 Å². The van der Waals surface area contributed by atoms with Crippen molar-refractivity contribution in [2.75, 3.05) is 31.1 Å². The van der Waals surface area contributed by atoms with Gasteiger partial charge in [-0.05, 0) is 35.6 Å². The van der Waals surface area contributed by atoms with Gasteiger partial charge in [-0.2, -0.15) is 29.2 Å². The molecule has 11 heteroatoms. The second-order valence-corrected chi connectivity index (χ2v) is 10.4. The molecule has 0 spiro atoms. The number of sulfonamides is 1. The lowest BCUT2D eigenvalue weighted by atomic mass is 10.1. The summed E-state index contributed by atoms with van der Waals surface area (Å²) < 4.78 is 64.8. The molecule has 0 atom stereocenters. The number of thioether (sulfide) groups is 1. The van der Waals surface area contributed by atoms with Crippen molar-refractivity contribution >= 4 is 39.0 Å². The molecule has 1 aromatic heterocycles. The van der Waals surface area contributed by atoms with E-state index in [-0.39, 0.29) is 16.3 Å². The van der Waals surface area contributed by atoms with E-state index in [0.29, 0.717) is 25.1 Å². The van der Waals surface area contributed by atoms with E-state index in [0.717, 1.165) is 35.0 Å². The summed E-state index contributed by atoms with van der Waals surface area (Å²) in [4.78, 5) is 12.6. The number of carbonyl (C=O) groups is 1. The topological polar surface area (TPSA) is 66.5 Å². The summed E-state index contributed by atoms with van der Waals surface area (Å²) in [6.45, 7) is 1.01. The first-order chi connectivity index (χ1) is 13.7. The minimum atomic E-state index is -4.39. The molecule has 2 aromatic rings. The molecule has 0 aliphatic carbocycles. The summed E-state index contributed by atoms with van der Waals surface area (Å²) >= 11 is 2.74. The van der Waals surface area contributed by atoms with Crippen LogP contribution in [0.5, 0.6) is 0 Å². The SMILES string of the molecule is O=C(NCCc1ccc(C(F)(F)F)cc1)c1sccc1S(=O)(=O)N1CCSCC1. The van der Waals surface area contributed by atoms with Gasteiger partial charge in [0.05, 0.1) is 5.56 Å². The number of hydrogen-bond acceptors (Lipinski definition) is 5. The maximum absolute atomic E-state index is 12.8. The number of alkyl halides is 3. The van der Waals surface area contributed by atoms with Gasteiger partial charge >= 0.3 is 6.18 Å². The Morgan fingerprint density at radius 2 is 1.76 bits per heavy atom. The summed E-state index contributed by atoms with van der Waals surface area (Å²) in [5.74, 6) is 0.938. The number of nitrogens with one attached hydrogen (secondary N) is 1. The molecular weight excluding hydrogens is 445 g/mol. The van der Waals surface area contributed by atoms with Crippen LogP contribution in [0, 0.1) is 0 Å². The normalized spacial score (nSPS) is 16.0. The van der Waals surface area contributed by atoms with Crippen LogP contribution >= 0.6 is 23.1 Å². The standard InChI is InChI=1S/C18H19F3N2O3S3/c19-18(20,21)14-3-1-13(2-4-14)5-7-22-17(24)16-15(6-10-28-16)29(25,26)23-8-11-27-12-9-23/h1-4,6,10H,5,7-9,11-12H2,(H,22,24). The highest BCUT2D eigenvalue weighted by Crippen LogP contribution is 2.29. The Morgan fingerprint density at radius 3 is 2.38 bits per heavy atom. The zero-order valence-corrected chi connectivity index (χ0v) is 17.7. The number of hydrogen-bond donors (Lipinski definition) is 1. The number of amides is 1. The molecule has 0 bridgehead atoms. The molecule has 0 radical (unpaired) electrons. The molecule has 1 aliphatic rings. The van der Waals surface area contributed by atoms with Crippen molar-refractivity contribution in [2.24, 2.45) is 0 Å². The molecule has 0 unspecified atom stereocenters. The Hall–Kier alpha value is -1.56. The predicted molar refractivity (Wildman–Crippen MR) is 108 cm³/mol. The van der Waals surface area contributed by atoms with E-state index >= 15 is 0 Å². The van der Waals surface area contributed by atoms with Gasteiger partial charge in [-0.25, -0.2) is 8.42 Å². The van der Waals surface area contributed by atoms with Crippen LogP contribution in [-0.4, -0.2) is 49.8 Å². The lowest BCUT2D eigenvalue weighted by Crippen LogP contribution is -2.38. The van der Waals surface area contributed by atoms with Crippen LogP contribution < -0.4 is 5.32 Å². The monoisotopic (exact) mass is 464 g/mol. The highest BCUT2D eigenvalue weighted by atomic mass is 32.2. The molecule has 1 amide bonds. The quantitative estimate of drug-likeness (QED) is 0.711. The second-order valence-electron chi connectivity index (χ2n) is 6.33. The molecule has 2 heterocycles. The number of benzene rings is 1. The van der Waals surface area contributed by atoms with Crippen LogP contribution in [0.3, 0.4) is 0 Å². The average Bonchev–Trinajstić information content (AvgIpc) is 3.19. The van der Waals surface area contributed by atoms with Crippen LogP contribution in [0.15, 0.2) is 40.6 Å². The molecule has 29 heavy (non-hydrogen) atoms. The highest BCUT2D eigenvalue weighted by Gasteiger charge is 2.31. The molecule has 0 saturated carbocycles. The van der Waals surface area contributed by atoms with Crippen LogP contribution in [0.25, 0.3) is 0 Å².